The fourth-order valence-corrected chi connectivity index (χ4v) is 2.63. The van der Waals surface area contributed by atoms with Gasteiger partial charge in [-0.3, -0.25) is 0 Å². The highest BCUT2D eigenvalue weighted by Gasteiger charge is 2.10. The van der Waals surface area contributed by atoms with Crippen molar-refractivity contribution in [2.45, 2.75) is 0 Å². The Bertz CT molecular complexity index is 810. The molecule has 0 spiro atoms. The van der Waals surface area contributed by atoms with Crippen LogP contribution in [0.15, 0.2) is 46.9 Å². The van der Waals surface area contributed by atoms with Crippen molar-refractivity contribution < 1.29 is 4.74 Å². The van der Waals surface area contributed by atoms with Gasteiger partial charge in [0, 0.05) is 15.2 Å². The van der Waals surface area contributed by atoms with Gasteiger partial charge in [0.15, 0.2) is 11.0 Å². The van der Waals surface area contributed by atoms with Gasteiger partial charge in [-0.15, -0.1) is 10.2 Å². The number of methoxy groups -OCH3 is 1. The topological polar surface area (TPSA) is 47.0 Å². The van der Waals surface area contributed by atoms with Gasteiger partial charge in [-0.2, -0.15) is 0 Å². The first kappa shape index (κ1) is 14.1. The van der Waals surface area contributed by atoms with Crippen LogP contribution in [-0.2, 0) is 0 Å². The van der Waals surface area contributed by atoms with Crippen molar-refractivity contribution >= 4 is 49.8 Å². The SMILES string of the molecule is COc1ccc(Br)cc1Nc1nnc(Cl)c2ccccc12. The Balaban J connectivity index is 2.11. The molecule has 1 N–H and O–H groups in total. The van der Waals surface area contributed by atoms with E-state index in [2.05, 4.69) is 31.4 Å². The summed E-state index contributed by atoms with van der Waals surface area (Å²) in [5.41, 5.74) is 0.800. The summed E-state index contributed by atoms with van der Waals surface area (Å²) < 4.78 is 6.29. The summed E-state index contributed by atoms with van der Waals surface area (Å²) in [6, 6.07) is 13.4. The summed E-state index contributed by atoms with van der Waals surface area (Å²) in [6.45, 7) is 0. The lowest BCUT2D eigenvalue weighted by atomic mass is 10.2. The van der Waals surface area contributed by atoms with E-state index in [1.165, 1.54) is 0 Å². The standard InChI is InChI=1S/C15H11BrClN3O/c1-21-13-7-6-9(16)8-12(13)18-15-11-5-3-2-4-10(11)14(17)19-20-15/h2-8H,1H3,(H,18,20). The van der Waals surface area contributed by atoms with E-state index >= 15 is 0 Å². The van der Waals surface area contributed by atoms with E-state index in [9.17, 15) is 0 Å². The van der Waals surface area contributed by atoms with Crippen LogP contribution in [0.1, 0.15) is 0 Å². The highest BCUT2D eigenvalue weighted by atomic mass is 79.9. The lowest BCUT2D eigenvalue weighted by Gasteiger charge is -2.12. The van der Waals surface area contributed by atoms with Gasteiger partial charge in [0.05, 0.1) is 12.8 Å². The average Bonchev–Trinajstić information content (AvgIpc) is 2.51. The third-order valence-electron chi connectivity index (χ3n) is 3.06. The Hall–Kier alpha value is -1.85. The van der Waals surface area contributed by atoms with Crippen LogP contribution in [0.5, 0.6) is 5.75 Å². The maximum absolute atomic E-state index is 6.08. The molecule has 4 nitrogen and oxygen atoms in total. The number of hydrogen-bond acceptors (Lipinski definition) is 4. The molecule has 0 saturated carbocycles. The van der Waals surface area contributed by atoms with Crippen molar-refractivity contribution in [3.63, 3.8) is 0 Å². The lowest BCUT2D eigenvalue weighted by molar-refractivity contribution is 0.416. The van der Waals surface area contributed by atoms with Gasteiger partial charge >= 0.3 is 0 Å². The molecule has 0 saturated heterocycles. The molecule has 3 aromatic rings. The number of anilines is 2. The van der Waals surface area contributed by atoms with Crippen molar-refractivity contribution in [1.82, 2.24) is 10.2 Å². The van der Waals surface area contributed by atoms with E-state index in [1.807, 2.05) is 42.5 Å². The Morgan fingerprint density at radius 1 is 1.10 bits per heavy atom. The van der Waals surface area contributed by atoms with Gasteiger partial charge in [-0.25, -0.2) is 0 Å². The van der Waals surface area contributed by atoms with Crippen molar-refractivity contribution in [2.24, 2.45) is 0 Å². The molecule has 0 aliphatic rings. The number of fused-ring (bicyclic) bond motifs is 1. The van der Waals surface area contributed by atoms with Crippen molar-refractivity contribution in [1.29, 1.82) is 0 Å². The number of nitrogens with one attached hydrogen (secondary N) is 1. The maximum Gasteiger partial charge on any atom is 0.161 e. The highest BCUT2D eigenvalue weighted by Crippen LogP contribution is 2.33. The van der Waals surface area contributed by atoms with E-state index < -0.39 is 0 Å². The minimum Gasteiger partial charge on any atom is -0.495 e. The first-order chi connectivity index (χ1) is 10.2. The van der Waals surface area contributed by atoms with Crippen LogP contribution in [0.4, 0.5) is 11.5 Å². The zero-order chi connectivity index (χ0) is 14.8. The van der Waals surface area contributed by atoms with Gasteiger partial charge in [-0.05, 0) is 18.2 Å². The average molecular weight is 365 g/mol. The number of aromatic nitrogens is 2. The van der Waals surface area contributed by atoms with Gasteiger partial charge in [0.25, 0.3) is 0 Å². The summed E-state index contributed by atoms with van der Waals surface area (Å²) in [7, 11) is 1.63. The second-order valence-corrected chi connectivity index (χ2v) is 5.63. The number of rotatable bonds is 3. The second-order valence-electron chi connectivity index (χ2n) is 4.35. The van der Waals surface area contributed by atoms with Crippen LogP contribution >= 0.6 is 27.5 Å². The van der Waals surface area contributed by atoms with E-state index in [-0.39, 0.29) is 0 Å². The van der Waals surface area contributed by atoms with Gasteiger partial charge in [0.2, 0.25) is 0 Å². The molecule has 0 bridgehead atoms. The second kappa shape index (κ2) is 5.87. The number of nitrogens with zero attached hydrogens (tertiary/aromatic N) is 2. The molecule has 0 radical (unpaired) electrons. The number of benzene rings is 2. The molecule has 106 valence electrons. The Labute approximate surface area is 135 Å². The summed E-state index contributed by atoms with van der Waals surface area (Å²) in [5.74, 6) is 1.35. The number of ether oxygens (including phenoxy) is 1. The third kappa shape index (κ3) is 2.80. The van der Waals surface area contributed by atoms with Crippen LogP contribution in [0.3, 0.4) is 0 Å². The van der Waals surface area contributed by atoms with E-state index in [4.69, 9.17) is 16.3 Å². The predicted molar refractivity (Wildman–Crippen MR) is 88.5 cm³/mol. The molecule has 21 heavy (non-hydrogen) atoms. The van der Waals surface area contributed by atoms with Crippen molar-refractivity contribution in [2.75, 3.05) is 12.4 Å². The first-order valence-electron chi connectivity index (χ1n) is 6.20. The van der Waals surface area contributed by atoms with Crippen LogP contribution in [0, 0.1) is 0 Å². The van der Waals surface area contributed by atoms with Crippen LogP contribution < -0.4 is 10.1 Å². The minimum absolute atomic E-state index is 0.386. The molecule has 0 unspecified atom stereocenters. The molecule has 0 fully saturated rings. The Kier molecular flexibility index (Phi) is 3.94. The van der Waals surface area contributed by atoms with Crippen LogP contribution in [0.25, 0.3) is 10.8 Å². The van der Waals surface area contributed by atoms with E-state index in [1.54, 1.807) is 7.11 Å². The molecule has 1 aromatic heterocycles. The zero-order valence-corrected chi connectivity index (χ0v) is 13.4. The molecular weight excluding hydrogens is 354 g/mol. The molecule has 0 atom stereocenters. The normalized spacial score (nSPS) is 10.6. The lowest BCUT2D eigenvalue weighted by Crippen LogP contribution is -1.99. The molecule has 0 aliphatic heterocycles. The third-order valence-corrected chi connectivity index (χ3v) is 3.83. The van der Waals surface area contributed by atoms with Crippen LogP contribution in [-0.4, -0.2) is 17.3 Å². The summed E-state index contributed by atoms with van der Waals surface area (Å²) in [6.07, 6.45) is 0. The zero-order valence-electron chi connectivity index (χ0n) is 11.1. The molecule has 6 heteroatoms. The van der Waals surface area contributed by atoms with Crippen LogP contribution in [0.2, 0.25) is 5.15 Å². The largest absolute Gasteiger partial charge is 0.495 e. The predicted octanol–water partition coefficient (Wildman–Crippen LogP) is 4.80. The van der Waals surface area contributed by atoms with Gasteiger partial charge < -0.3 is 10.1 Å². The number of halogens is 2. The Morgan fingerprint density at radius 2 is 1.86 bits per heavy atom. The Morgan fingerprint density at radius 3 is 2.62 bits per heavy atom. The van der Waals surface area contributed by atoms with Crippen molar-refractivity contribution in [3.05, 3.63) is 52.1 Å². The quantitative estimate of drug-likeness (QED) is 0.725. The molecule has 0 amide bonds. The molecule has 1 heterocycles. The van der Waals surface area contributed by atoms with E-state index in [0.29, 0.717) is 11.0 Å². The minimum atomic E-state index is 0.386. The smallest absolute Gasteiger partial charge is 0.161 e. The van der Waals surface area contributed by atoms with E-state index in [0.717, 1.165) is 26.7 Å². The highest BCUT2D eigenvalue weighted by molar-refractivity contribution is 9.10. The van der Waals surface area contributed by atoms with Gasteiger partial charge in [0.1, 0.15) is 5.75 Å². The summed E-state index contributed by atoms with van der Waals surface area (Å²) in [4.78, 5) is 0. The molecule has 0 aliphatic carbocycles. The number of hydrogen-bond donors (Lipinski definition) is 1. The summed E-state index contributed by atoms with van der Waals surface area (Å²) >= 11 is 9.53. The molecule has 3 rings (SSSR count). The fourth-order valence-electron chi connectivity index (χ4n) is 2.07. The maximum atomic E-state index is 6.08. The summed E-state index contributed by atoms with van der Waals surface area (Å²) in [5, 5.41) is 13.5. The molecule has 2 aromatic carbocycles. The molecular formula is C15H11BrClN3O. The fraction of sp³-hybridized carbons (Fsp3) is 0.0667. The first-order valence-corrected chi connectivity index (χ1v) is 7.37. The van der Waals surface area contributed by atoms with Gasteiger partial charge in [-0.1, -0.05) is 51.8 Å². The van der Waals surface area contributed by atoms with Crippen molar-refractivity contribution in [3.8, 4) is 5.75 Å². The monoisotopic (exact) mass is 363 g/mol.